The molecule has 1 aliphatic rings. The van der Waals surface area contributed by atoms with E-state index in [1.54, 1.807) is 0 Å². The van der Waals surface area contributed by atoms with Gasteiger partial charge in [-0.1, -0.05) is 32.1 Å². The SMILES string of the molecule is CC(C)(C)c1nn(CC2CCO2)/c(=N/C(=O)c2cc(C(F)(F)F)ccc2F)s1. The Labute approximate surface area is 162 Å². The zero-order valence-corrected chi connectivity index (χ0v) is 16.3. The highest BCUT2D eigenvalue weighted by Gasteiger charge is 2.32. The Morgan fingerprint density at radius 2 is 2.04 bits per heavy atom. The molecule has 28 heavy (non-hydrogen) atoms. The summed E-state index contributed by atoms with van der Waals surface area (Å²) in [4.78, 5) is 16.5. The van der Waals surface area contributed by atoms with E-state index in [1.807, 2.05) is 20.8 Å². The summed E-state index contributed by atoms with van der Waals surface area (Å²) in [5, 5.41) is 5.16. The molecule has 1 saturated heterocycles. The fourth-order valence-corrected chi connectivity index (χ4v) is 3.42. The van der Waals surface area contributed by atoms with E-state index in [4.69, 9.17) is 4.74 Å². The van der Waals surface area contributed by atoms with Crippen molar-refractivity contribution in [2.75, 3.05) is 6.61 Å². The van der Waals surface area contributed by atoms with E-state index in [9.17, 15) is 22.4 Å². The number of carbonyl (C=O) groups is 1. The average Bonchev–Trinajstić information content (AvgIpc) is 2.93. The summed E-state index contributed by atoms with van der Waals surface area (Å²) in [5.74, 6) is -2.15. The second kappa shape index (κ2) is 7.40. The van der Waals surface area contributed by atoms with Gasteiger partial charge in [-0.25, -0.2) is 9.07 Å². The zero-order chi connectivity index (χ0) is 20.7. The minimum atomic E-state index is -4.69. The number of benzene rings is 1. The van der Waals surface area contributed by atoms with E-state index in [-0.39, 0.29) is 16.3 Å². The molecule has 1 aromatic carbocycles. The highest BCUT2D eigenvalue weighted by molar-refractivity contribution is 7.09. The van der Waals surface area contributed by atoms with Crippen LogP contribution in [0, 0.1) is 5.82 Å². The van der Waals surface area contributed by atoms with Gasteiger partial charge in [-0.05, 0) is 24.6 Å². The maximum Gasteiger partial charge on any atom is 0.416 e. The first-order chi connectivity index (χ1) is 12.9. The predicted molar refractivity (Wildman–Crippen MR) is 94.5 cm³/mol. The fraction of sp³-hybridized carbons (Fsp3) is 0.500. The van der Waals surface area contributed by atoms with Crippen molar-refractivity contribution in [3.05, 3.63) is 45.0 Å². The summed E-state index contributed by atoms with van der Waals surface area (Å²) in [6, 6.07) is 1.69. The number of rotatable bonds is 3. The fourth-order valence-electron chi connectivity index (χ4n) is 2.45. The lowest BCUT2D eigenvalue weighted by atomic mass is 9.98. The molecule has 2 aromatic rings. The standard InChI is InChI=1S/C18H19F4N3O2S/c1-17(2,3)15-24-25(9-11-6-7-27-11)16(28-15)23-14(26)12-8-10(18(20,21)22)4-5-13(12)19/h4-5,8,11H,6-7,9H2,1-3H3/b23-16-. The smallest absolute Gasteiger partial charge is 0.376 e. The Kier molecular flexibility index (Phi) is 5.46. The number of hydrogen-bond donors (Lipinski definition) is 0. The highest BCUT2D eigenvalue weighted by Crippen LogP contribution is 2.30. The molecule has 2 heterocycles. The van der Waals surface area contributed by atoms with E-state index in [0.717, 1.165) is 17.8 Å². The van der Waals surface area contributed by atoms with Gasteiger partial charge in [0.25, 0.3) is 5.91 Å². The third-order valence-electron chi connectivity index (χ3n) is 4.15. The Morgan fingerprint density at radius 3 is 2.57 bits per heavy atom. The highest BCUT2D eigenvalue weighted by atomic mass is 32.1. The van der Waals surface area contributed by atoms with Gasteiger partial charge in [-0.2, -0.15) is 23.3 Å². The van der Waals surface area contributed by atoms with Crippen molar-refractivity contribution in [1.29, 1.82) is 0 Å². The van der Waals surface area contributed by atoms with E-state index in [2.05, 4.69) is 10.1 Å². The van der Waals surface area contributed by atoms with Crippen LogP contribution in [0.4, 0.5) is 17.6 Å². The lowest BCUT2D eigenvalue weighted by Gasteiger charge is -2.26. The first kappa shape index (κ1) is 20.7. The third kappa shape index (κ3) is 4.49. The van der Waals surface area contributed by atoms with Crippen molar-refractivity contribution in [1.82, 2.24) is 9.78 Å². The number of hydrogen-bond acceptors (Lipinski definition) is 4. The van der Waals surface area contributed by atoms with Crippen LogP contribution < -0.4 is 4.80 Å². The van der Waals surface area contributed by atoms with Gasteiger partial charge in [-0.15, -0.1) is 0 Å². The molecule has 1 aromatic heterocycles. The minimum absolute atomic E-state index is 0.0609. The van der Waals surface area contributed by atoms with Gasteiger partial charge >= 0.3 is 6.18 Å². The summed E-state index contributed by atoms with van der Waals surface area (Å²) in [5.41, 5.74) is -2.15. The number of halogens is 4. The molecule has 0 N–H and O–H groups in total. The number of amides is 1. The van der Waals surface area contributed by atoms with Crippen molar-refractivity contribution >= 4 is 17.2 Å². The molecule has 5 nitrogen and oxygen atoms in total. The molecule has 10 heteroatoms. The number of carbonyl (C=O) groups excluding carboxylic acids is 1. The molecular weight excluding hydrogens is 398 g/mol. The monoisotopic (exact) mass is 417 g/mol. The van der Waals surface area contributed by atoms with E-state index < -0.39 is 29.0 Å². The Balaban J connectivity index is 2.02. The number of aromatic nitrogens is 2. The van der Waals surface area contributed by atoms with Crippen LogP contribution in [0.5, 0.6) is 0 Å². The third-order valence-corrected chi connectivity index (χ3v) is 5.53. The molecule has 1 atom stereocenters. The molecule has 0 spiro atoms. The number of ether oxygens (including phenoxy) is 1. The maximum absolute atomic E-state index is 14.0. The van der Waals surface area contributed by atoms with Gasteiger partial charge in [0.15, 0.2) is 0 Å². The second-order valence-electron chi connectivity index (χ2n) is 7.51. The summed E-state index contributed by atoms with van der Waals surface area (Å²) in [6.07, 6.45) is -3.91. The summed E-state index contributed by atoms with van der Waals surface area (Å²) >= 11 is 1.15. The maximum atomic E-state index is 14.0. The summed E-state index contributed by atoms with van der Waals surface area (Å²) < 4.78 is 59.5. The van der Waals surface area contributed by atoms with Crippen molar-refractivity contribution in [2.45, 2.75) is 51.4 Å². The van der Waals surface area contributed by atoms with E-state index >= 15 is 0 Å². The van der Waals surface area contributed by atoms with Gasteiger partial charge in [-0.3, -0.25) is 4.79 Å². The molecule has 0 saturated carbocycles. The Morgan fingerprint density at radius 1 is 1.36 bits per heavy atom. The molecule has 0 aliphatic carbocycles. The summed E-state index contributed by atoms with van der Waals surface area (Å²) in [7, 11) is 0. The van der Waals surface area contributed by atoms with Crippen LogP contribution in [0.25, 0.3) is 0 Å². The molecule has 1 aliphatic heterocycles. The number of nitrogens with zero attached hydrogens (tertiary/aromatic N) is 3. The molecule has 152 valence electrons. The quantitative estimate of drug-likeness (QED) is 0.711. The van der Waals surface area contributed by atoms with Crippen LogP contribution >= 0.6 is 11.3 Å². The minimum Gasteiger partial charge on any atom is -0.376 e. The van der Waals surface area contributed by atoms with Crippen molar-refractivity contribution < 1.29 is 27.1 Å². The van der Waals surface area contributed by atoms with E-state index in [0.29, 0.717) is 36.4 Å². The van der Waals surface area contributed by atoms with Crippen molar-refractivity contribution in [3.8, 4) is 0 Å². The lowest BCUT2D eigenvalue weighted by molar-refractivity contribution is -0.137. The Bertz CT molecular complexity index is 953. The molecule has 1 unspecified atom stereocenters. The van der Waals surface area contributed by atoms with Gasteiger partial charge < -0.3 is 4.74 Å². The van der Waals surface area contributed by atoms with Crippen LogP contribution in [0.3, 0.4) is 0 Å². The predicted octanol–water partition coefficient (Wildman–Crippen LogP) is 3.93. The normalized spacial score (nSPS) is 18.2. The number of alkyl halides is 3. The lowest BCUT2D eigenvalue weighted by Crippen LogP contribution is -2.35. The van der Waals surface area contributed by atoms with Gasteiger partial charge in [0.05, 0.1) is 23.8 Å². The zero-order valence-electron chi connectivity index (χ0n) is 15.5. The van der Waals surface area contributed by atoms with Gasteiger partial charge in [0.2, 0.25) is 4.80 Å². The first-order valence-corrected chi connectivity index (χ1v) is 9.42. The van der Waals surface area contributed by atoms with Crippen LogP contribution in [0.1, 0.15) is 48.1 Å². The van der Waals surface area contributed by atoms with Gasteiger partial charge in [0, 0.05) is 12.0 Å². The second-order valence-corrected chi connectivity index (χ2v) is 8.47. The Hall–Kier alpha value is -2.07. The largest absolute Gasteiger partial charge is 0.416 e. The van der Waals surface area contributed by atoms with Crippen LogP contribution in [0.15, 0.2) is 23.2 Å². The average molecular weight is 417 g/mol. The van der Waals surface area contributed by atoms with Crippen molar-refractivity contribution in [2.24, 2.45) is 4.99 Å². The molecule has 1 amide bonds. The van der Waals surface area contributed by atoms with Crippen LogP contribution in [-0.2, 0) is 22.9 Å². The molecule has 0 radical (unpaired) electrons. The molecule has 3 rings (SSSR count). The van der Waals surface area contributed by atoms with Crippen LogP contribution in [0.2, 0.25) is 0 Å². The molecular formula is C18H19F4N3O2S. The topological polar surface area (TPSA) is 56.5 Å². The van der Waals surface area contributed by atoms with Crippen molar-refractivity contribution in [3.63, 3.8) is 0 Å². The molecule has 1 fully saturated rings. The molecule has 0 bridgehead atoms. The first-order valence-electron chi connectivity index (χ1n) is 8.61. The van der Waals surface area contributed by atoms with Gasteiger partial charge in [0.1, 0.15) is 10.8 Å². The van der Waals surface area contributed by atoms with Crippen LogP contribution in [-0.4, -0.2) is 28.4 Å². The summed E-state index contributed by atoms with van der Waals surface area (Å²) in [6.45, 7) is 6.82. The van der Waals surface area contributed by atoms with E-state index in [1.165, 1.54) is 4.68 Å².